The van der Waals surface area contributed by atoms with Crippen LogP contribution in [-0.4, -0.2) is 5.92 Å². The number of rotatable bonds is 2. The summed E-state index contributed by atoms with van der Waals surface area (Å²) in [5.74, 6) is -2.76. The van der Waals surface area contributed by atoms with Gasteiger partial charge in [-0.25, -0.2) is 8.78 Å². The normalized spacial score (nSPS) is 28.7. The molecule has 1 aliphatic rings. The van der Waals surface area contributed by atoms with Gasteiger partial charge in [-0.05, 0) is 5.92 Å². The Balaban J connectivity index is 2.48. The van der Waals surface area contributed by atoms with E-state index in [1.165, 1.54) is 0 Å². The average Bonchev–Trinajstić information content (AvgIpc) is 2.38. The number of alkyl halides is 2. The van der Waals surface area contributed by atoms with Crippen LogP contribution in [0.2, 0.25) is 0 Å². The molecule has 0 N–H and O–H groups in total. The molecule has 0 radical (unpaired) electrons. The van der Waals surface area contributed by atoms with Crippen LogP contribution in [0, 0.1) is 11.8 Å². The zero-order valence-electron chi connectivity index (χ0n) is 6.32. The van der Waals surface area contributed by atoms with Crippen molar-refractivity contribution in [3.63, 3.8) is 0 Å². The predicted octanol–water partition coefficient (Wildman–Crippen LogP) is 2.85. The highest BCUT2D eigenvalue weighted by Crippen LogP contribution is 2.53. The summed E-state index contributed by atoms with van der Waals surface area (Å²) in [7, 11) is 0. The quantitative estimate of drug-likeness (QED) is 0.525. The smallest absolute Gasteiger partial charge is 0.206 e. The summed E-state index contributed by atoms with van der Waals surface area (Å²) >= 11 is 0. The summed E-state index contributed by atoms with van der Waals surface area (Å²) in [6, 6.07) is 0. The van der Waals surface area contributed by atoms with Crippen molar-refractivity contribution in [3.05, 3.63) is 12.2 Å². The number of allylic oxidation sites excluding steroid dienone is 1. The maximum atomic E-state index is 12.3. The first-order valence-electron chi connectivity index (χ1n) is 3.51. The van der Waals surface area contributed by atoms with Gasteiger partial charge < -0.3 is 0 Å². The molecule has 0 aromatic rings. The van der Waals surface area contributed by atoms with E-state index >= 15 is 0 Å². The van der Waals surface area contributed by atoms with Crippen LogP contribution in [-0.2, 0) is 0 Å². The summed E-state index contributed by atoms with van der Waals surface area (Å²) in [5, 5.41) is 0. The van der Waals surface area contributed by atoms with Crippen molar-refractivity contribution in [3.8, 4) is 0 Å². The van der Waals surface area contributed by atoms with E-state index in [1.807, 2.05) is 13.8 Å². The minimum absolute atomic E-state index is 0.0179. The third kappa shape index (κ3) is 1.20. The zero-order valence-corrected chi connectivity index (χ0v) is 6.32. The Labute approximate surface area is 59.9 Å². The first-order chi connectivity index (χ1) is 4.45. The van der Waals surface area contributed by atoms with Crippen LogP contribution in [0.3, 0.4) is 0 Å². The van der Waals surface area contributed by atoms with Gasteiger partial charge in [0, 0.05) is 12.3 Å². The van der Waals surface area contributed by atoms with E-state index < -0.39 is 11.8 Å². The first-order valence-corrected chi connectivity index (χ1v) is 3.51. The van der Waals surface area contributed by atoms with Crippen LogP contribution in [0.4, 0.5) is 8.78 Å². The standard InChI is InChI=1S/C8H12F2/c1-5(2)6(3)7-4-8(7,9)10/h5,7H,3-4H2,1-2H3. The monoisotopic (exact) mass is 146 g/mol. The van der Waals surface area contributed by atoms with Crippen LogP contribution in [0.1, 0.15) is 20.3 Å². The van der Waals surface area contributed by atoms with Gasteiger partial charge in [-0.2, -0.15) is 0 Å². The van der Waals surface area contributed by atoms with Gasteiger partial charge in [-0.15, -0.1) is 0 Å². The van der Waals surface area contributed by atoms with Gasteiger partial charge in [0.25, 0.3) is 5.92 Å². The van der Waals surface area contributed by atoms with Crippen molar-refractivity contribution in [1.82, 2.24) is 0 Å². The Morgan fingerprint density at radius 3 is 2.10 bits per heavy atom. The van der Waals surface area contributed by atoms with Crippen molar-refractivity contribution in [2.75, 3.05) is 0 Å². The molecule has 58 valence electrons. The zero-order chi connectivity index (χ0) is 7.94. The molecule has 0 aliphatic heterocycles. The minimum atomic E-state index is -2.43. The summed E-state index contributed by atoms with van der Waals surface area (Å²) in [5.41, 5.74) is 0.699. The van der Waals surface area contributed by atoms with Crippen LogP contribution >= 0.6 is 0 Å². The fraction of sp³-hybridized carbons (Fsp3) is 0.750. The van der Waals surface area contributed by atoms with Crippen LogP contribution in [0.25, 0.3) is 0 Å². The molecule has 0 bridgehead atoms. The SMILES string of the molecule is C=C(C(C)C)C1CC1(F)F. The third-order valence-corrected chi connectivity index (χ3v) is 2.02. The second kappa shape index (κ2) is 2.04. The third-order valence-electron chi connectivity index (χ3n) is 2.02. The Hall–Kier alpha value is -0.400. The van der Waals surface area contributed by atoms with Crippen molar-refractivity contribution in [2.24, 2.45) is 11.8 Å². The maximum absolute atomic E-state index is 12.3. The average molecular weight is 146 g/mol. The highest BCUT2D eigenvalue weighted by Gasteiger charge is 2.58. The van der Waals surface area contributed by atoms with Crippen LogP contribution < -0.4 is 0 Å². The number of halogens is 2. The van der Waals surface area contributed by atoms with Crippen LogP contribution in [0.5, 0.6) is 0 Å². The topological polar surface area (TPSA) is 0 Å². The second-order valence-electron chi connectivity index (χ2n) is 3.25. The van der Waals surface area contributed by atoms with Crippen LogP contribution in [0.15, 0.2) is 12.2 Å². The summed E-state index contributed by atoms with van der Waals surface area (Å²) in [6.07, 6.45) is 0.0179. The molecule has 0 saturated heterocycles. The molecule has 1 saturated carbocycles. The van der Waals surface area contributed by atoms with Gasteiger partial charge in [-0.3, -0.25) is 0 Å². The van der Waals surface area contributed by atoms with Crippen molar-refractivity contribution < 1.29 is 8.78 Å². The molecule has 1 fully saturated rings. The molecule has 2 heteroatoms. The molecule has 1 rings (SSSR count). The summed E-state index contributed by atoms with van der Waals surface area (Å²) in [6.45, 7) is 7.43. The van der Waals surface area contributed by atoms with E-state index in [2.05, 4.69) is 6.58 Å². The highest BCUT2D eigenvalue weighted by molar-refractivity contribution is 5.18. The Morgan fingerprint density at radius 1 is 1.60 bits per heavy atom. The van der Waals surface area contributed by atoms with E-state index in [-0.39, 0.29) is 12.3 Å². The largest absolute Gasteiger partial charge is 0.255 e. The highest BCUT2D eigenvalue weighted by atomic mass is 19.3. The predicted molar refractivity (Wildman–Crippen MR) is 37.0 cm³/mol. The fourth-order valence-corrected chi connectivity index (χ4v) is 1.02. The molecule has 0 spiro atoms. The molecule has 0 heterocycles. The minimum Gasteiger partial charge on any atom is -0.206 e. The Bertz CT molecular complexity index is 159. The molecular formula is C8H12F2. The van der Waals surface area contributed by atoms with E-state index in [0.29, 0.717) is 5.57 Å². The van der Waals surface area contributed by atoms with Crippen molar-refractivity contribution >= 4 is 0 Å². The summed E-state index contributed by atoms with van der Waals surface area (Å²) in [4.78, 5) is 0. The van der Waals surface area contributed by atoms with E-state index in [1.54, 1.807) is 0 Å². The fourth-order valence-electron chi connectivity index (χ4n) is 1.02. The molecule has 0 amide bonds. The van der Waals surface area contributed by atoms with Gasteiger partial charge >= 0.3 is 0 Å². The van der Waals surface area contributed by atoms with Gasteiger partial charge in [0.15, 0.2) is 0 Å². The lowest BCUT2D eigenvalue weighted by Crippen LogP contribution is -2.01. The molecule has 0 aromatic heterocycles. The molecular weight excluding hydrogens is 134 g/mol. The van der Waals surface area contributed by atoms with Gasteiger partial charge in [-0.1, -0.05) is 26.0 Å². The molecule has 0 aromatic carbocycles. The molecule has 1 unspecified atom stereocenters. The number of hydrogen-bond donors (Lipinski definition) is 0. The second-order valence-corrected chi connectivity index (χ2v) is 3.25. The molecule has 10 heavy (non-hydrogen) atoms. The lowest BCUT2D eigenvalue weighted by atomic mass is 10.0. The Kier molecular flexibility index (Phi) is 1.57. The number of hydrogen-bond acceptors (Lipinski definition) is 0. The molecule has 0 nitrogen and oxygen atoms in total. The first kappa shape index (κ1) is 7.70. The Morgan fingerprint density at radius 2 is 2.00 bits per heavy atom. The van der Waals surface area contributed by atoms with Gasteiger partial charge in [0.2, 0.25) is 0 Å². The van der Waals surface area contributed by atoms with E-state index in [0.717, 1.165) is 0 Å². The molecule has 1 atom stereocenters. The van der Waals surface area contributed by atoms with Gasteiger partial charge in [0.05, 0.1) is 0 Å². The van der Waals surface area contributed by atoms with Crippen molar-refractivity contribution in [2.45, 2.75) is 26.2 Å². The van der Waals surface area contributed by atoms with Gasteiger partial charge in [0.1, 0.15) is 0 Å². The van der Waals surface area contributed by atoms with Crippen molar-refractivity contribution in [1.29, 1.82) is 0 Å². The van der Waals surface area contributed by atoms with E-state index in [9.17, 15) is 8.78 Å². The lowest BCUT2D eigenvalue weighted by Gasteiger charge is -2.06. The lowest BCUT2D eigenvalue weighted by molar-refractivity contribution is 0.104. The van der Waals surface area contributed by atoms with E-state index in [4.69, 9.17) is 0 Å². The molecule has 1 aliphatic carbocycles. The maximum Gasteiger partial charge on any atom is 0.255 e. The summed E-state index contributed by atoms with van der Waals surface area (Å²) < 4.78 is 24.7.